The number of rotatable bonds is 7. The summed E-state index contributed by atoms with van der Waals surface area (Å²) in [7, 11) is 0. The first-order valence-electron chi connectivity index (χ1n) is 24.7. The molecule has 63 heavy (non-hydrogen) atoms. The van der Waals surface area contributed by atoms with Gasteiger partial charge in [-0.05, 0) is 81.2 Å². The zero-order chi connectivity index (χ0) is 49.6. The number of hydrogen-bond donors (Lipinski definition) is 0. The standard InChI is InChI=1S/C57H49N4O.Pt/c1-38-30-54(58-36-50(38)40-20-12-9-13-21-40)61-51-26-15-14-24-48(51)49-29-28-46(35-53(49)61)62-45-23-16-22-43(34-45)59-37-60(44-32-41(56(2,3)4)31-42(33-44)57(5,6)7)55-47(25-17-27-52(55)59)39-18-10-8-11-19-39;/h8-33,36-37H,1-7H3;/q-3;/i1D3,9D,12D,13D,20D,21D;. The van der Waals surface area contributed by atoms with Crippen LogP contribution in [-0.2, 0) is 31.9 Å². The van der Waals surface area contributed by atoms with E-state index in [2.05, 4.69) is 131 Å². The molecule has 0 amide bonds. The number of para-hydroxylation sites is 2. The fourth-order valence-electron chi connectivity index (χ4n) is 8.15. The molecule has 0 N–H and O–H groups in total. The summed E-state index contributed by atoms with van der Waals surface area (Å²) in [6, 6.07) is 46.6. The molecule has 5 nitrogen and oxygen atoms in total. The van der Waals surface area contributed by atoms with Crippen LogP contribution in [0, 0.1) is 25.7 Å². The monoisotopic (exact) mass is 1010 g/mol. The summed E-state index contributed by atoms with van der Waals surface area (Å²) in [6.07, 6.45) is 1.27. The minimum absolute atomic E-state index is 0. The number of nitrogens with zero attached hydrogens (tertiary/aromatic N) is 4. The van der Waals surface area contributed by atoms with Crippen LogP contribution >= 0.6 is 0 Å². The fraction of sp³-hybridized carbons (Fsp3) is 0.158. The first kappa shape index (κ1) is 33.2. The molecule has 0 unspecified atom stereocenters. The van der Waals surface area contributed by atoms with Gasteiger partial charge in [-0.15, -0.1) is 48.1 Å². The van der Waals surface area contributed by atoms with Crippen LogP contribution in [0.2, 0.25) is 0 Å². The quantitative estimate of drug-likeness (QED) is 0.149. The zero-order valence-corrected chi connectivity index (χ0v) is 38.1. The molecule has 0 aliphatic carbocycles. The summed E-state index contributed by atoms with van der Waals surface area (Å²) in [5.41, 5.74) is 9.09. The summed E-state index contributed by atoms with van der Waals surface area (Å²) in [6.45, 7) is 12.9. The van der Waals surface area contributed by atoms with Crippen molar-refractivity contribution in [1.29, 1.82) is 0 Å². The molecular formula is C57H49N4OPt-3. The van der Waals surface area contributed by atoms with Gasteiger partial charge in [0.1, 0.15) is 5.82 Å². The molecule has 0 fully saturated rings. The van der Waals surface area contributed by atoms with E-state index < -0.39 is 37.1 Å². The normalized spacial score (nSPS) is 14.8. The van der Waals surface area contributed by atoms with Gasteiger partial charge in [-0.2, -0.15) is 12.1 Å². The fourth-order valence-corrected chi connectivity index (χ4v) is 8.15. The third-order valence-corrected chi connectivity index (χ3v) is 11.4. The van der Waals surface area contributed by atoms with Crippen LogP contribution in [0.25, 0.3) is 49.9 Å². The Labute approximate surface area is 397 Å². The average Bonchev–Trinajstić information content (AvgIpc) is 3.89. The molecule has 0 spiro atoms. The van der Waals surface area contributed by atoms with Crippen molar-refractivity contribution in [2.24, 2.45) is 0 Å². The number of aryl methyl sites for hydroxylation is 1. The largest absolute Gasteiger partial charge is 0.509 e. The predicted molar refractivity (Wildman–Crippen MR) is 257 cm³/mol. The molecule has 0 atom stereocenters. The van der Waals surface area contributed by atoms with Crippen LogP contribution < -0.4 is 14.5 Å². The summed E-state index contributed by atoms with van der Waals surface area (Å²) in [4.78, 5) is 9.13. The molecule has 9 aromatic rings. The average molecular weight is 1010 g/mol. The minimum Gasteiger partial charge on any atom is -0.509 e. The van der Waals surface area contributed by atoms with Gasteiger partial charge >= 0.3 is 0 Å². The summed E-state index contributed by atoms with van der Waals surface area (Å²) in [5.74, 6) is 1.06. The van der Waals surface area contributed by atoms with E-state index in [4.69, 9.17) is 20.7 Å². The van der Waals surface area contributed by atoms with Crippen molar-refractivity contribution in [1.82, 2.24) is 9.55 Å². The Balaban J connectivity index is 0.00000624. The molecule has 7 aromatic carbocycles. The van der Waals surface area contributed by atoms with E-state index in [0.717, 1.165) is 50.2 Å². The number of hydrogen-bond acceptors (Lipinski definition) is 4. The van der Waals surface area contributed by atoms with E-state index in [1.165, 1.54) is 23.4 Å². The van der Waals surface area contributed by atoms with Gasteiger partial charge in [0.05, 0.1) is 6.85 Å². The van der Waals surface area contributed by atoms with Gasteiger partial charge in [0.25, 0.3) is 0 Å². The Hall–Kier alpha value is -6.42. The van der Waals surface area contributed by atoms with Crippen LogP contribution in [0.5, 0.6) is 11.5 Å². The van der Waals surface area contributed by atoms with Gasteiger partial charge in [0, 0.05) is 76.6 Å². The van der Waals surface area contributed by atoms with Crippen molar-refractivity contribution in [3.05, 3.63) is 199 Å². The molecule has 10 rings (SSSR count). The van der Waals surface area contributed by atoms with Gasteiger partial charge in [0.15, 0.2) is 0 Å². The summed E-state index contributed by atoms with van der Waals surface area (Å²) >= 11 is 0. The Morgan fingerprint density at radius 3 is 2.11 bits per heavy atom. The van der Waals surface area contributed by atoms with Gasteiger partial charge in [-0.3, -0.25) is 0 Å². The third kappa shape index (κ3) is 7.85. The molecule has 0 saturated carbocycles. The number of anilines is 4. The third-order valence-electron chi connectivity index (χ3n) is 11.4. The molecule has 2 aromatic heterocycles. The van der Waals surface area contributed by atoms with Crippen molar-refractivity contribution in [3.63, 3.8) is 0 Å². The Morgan fingerprint density at radius 1 is 0.651 bits per heavy atom. The molecule has 1 aliphatic rings. The molecule has 0 saturated heterocycles. The Morgan fingerprint density at radius 2 is 1.37 bits per heavy atom. The number of aromatic nitrogens is 2. The van der Waals surface area contributed by atoms with Crippen molar-refractivity contribution in [2.45, 2.75) is 59.2 Å². The van der Waals surface area contributed by atoms with Gasteiger partial charge in [-0.1, -0.05) is 144 Å². The van der Waals surface area contributed by atoms with Gasteiger partial charge in [0.2, 0.25) is 0 Å². The topological polar surface area (TPSA) is 33.5 Å². The second-order valence-corrected chi connectivity index (χ2v) is 17.7. The predicted octanol–water partition coefficient (Wildman–Crippen LogP) is 15.2. The van der Waals surface area contributed by atoms with E-state index >= 15 is 0 Å². The van der Waals surface area contributed by atoms with Crippen LogP contribution in [0.1, 0.15) is 69.2 Å². The van der Waals surface area contributed by atoms with Crippen LogP contribution in [0.3, 0.4) is 0 Å². The molecule has 1 aliphatic heterocycles. The van der Waals surface area contributed by atoms with Crippen LogP contribution in [0.15, 0.2) is 164 Å². The second-order valence-electron chi connectivity index (χ2n) is 17.7. The second kappa shape index (κ2) is 16.4. The number of ether oxygens (including phenoxy) is 1. The molecule has 3 heterocycles. The maximum absolute atomic E-state index is 8.61. The van der Waals surface area contributed by atoms with Crippen LogP contribution in [-0.4, -0.2) is 9.55 Å². The Kier molecular flexibility index (Phi) is 8.62. The number of benzene rings is 7. The van der Waals surface area contributed by atoms with Crippen molar-refractivity contribution < 1.29 is 36.8 Å². The van der Waals surface area contributed by atoms with Crippen molar-refractivity contribution in [2.75, 3.05) is 9.80 Å². The van der Waals surface area contributed by atoms with Gasteiger partial charge < -0.3 is 19.1 Å². The molecule has 0 bridgehead atoms. The number of fused-ring (bicyclic) bond motifs is 4. The molecule has 6 heteroatoms. The molecule has 316 valence electrons. The summed E-state index contributed by atoms with van der Waals surface area (Å²) in [5, 5.41) is 1.68. The van der Waals surface area contributed by atoms with Crippen LogP contribution in [0.4, 0.5) is 22.7 Å². The van der Waals surface area contributed by atoms with E-state index in [1.54, 1.807) is 4.57 Å². The van der Waals surface area contributed by atoms with Gasteiger partial charge in [-0.25, -0.2) is 4.98 Å². The maximum Gasteiger partial charge on any atom is 0.135 e. The minimum atomic E-state index is -2.74. The maximum atomic E-state index is 8.61. The SMILES string of the molecule is [2H]c1c([2H])c([2H])c(-c2cnc(-n3c4[c-]c(Oc5[c-]c(N6[CH-]N(c7cc(C(C)(C)C)cc(C(C)(C)C)c7)c7c(-c8ccccc8)cccc76)ccc5)ccc4c4ccccc43)cc2C([2H])([2H])[2H])c([2H])c1[2H].[Pt]. The first-order chi connectivity index (χ1) is 33.2. The molecular weight excluding hydrogens is 952 g/mol. The first-order valence-corrected chi connectivity index (χ1v) is 20.7. The van der Waals surface area contributed by atoms with E-state index in [1.807, 2.05) is 60.7 Å². The van der Waals surface area contributed by atoms with Crippen molar-refractivity contribution >= 4 is 44.6 Å². The number of pyridine rings is 1. The zero-order valence-electron chi connectivity index (χ0n) is 43.8. The summed E-state index contributed by atoms with van der Waals surface area (Å²) < 4.78 is 75.9. The molecule has 0 radical (unpaired) electrons. The smallest absolute Gasteiger partial charge is 0.135 e. The van der Waals surface area contributed by atoms with E-state index in [0.29, 0.717) is 17.0 Å². The van der Waals surface area contributed by atoms with E-state index in [-0.39, 0.29) is 54.4 Å². The van der Waals surface area contributed by atoms with Crippen molar-refractivity contribution in [3.8, 4) is 39.6 Å². The van der Waals surface area contributed by atoms with E-state index in [9.17, 15) is 0 Å². The Bertz CT molecular complexity index is 3480.